The number of rotatable bonds is 6. The van der Waals surface area contributed by atoms with Crippen LogP contribution in [-0.2, 0) is 6.54 Å². The smallest absolute Gasteiger partial charge is 0.280 e. The SMILES string of the molecule is COc1ccccc1-c1cc(C(F)F)n2ncc(C(=O)N3CCN(Cc4ccc(F)cc4)CC3)c2n1. The van der Waals surface area contributed by atoms with Crippen LogP contribution in [0.2, 0.25) is 0 Å². The third-order valence-electron chi connectivity index (χ3n) is 6.32. The van der Waals surface area contributed by atoms with Crippen LogP contribution in [0.25, 0.3) is 16.9 Å². The molecule has 0 unspecified atom stereocenters. The Hall–Kier alpha value is -3.92. The summed E-state index contributed by atoms with van der Waals surface area (Å²) in [5.41, 5.74) is 1.69. The van der Waals surface area contributed by atoms with Crippen molar-refractivity contribution in [2.24, 2.45) is 0 Å². The Balaban J connectivity index is 1.40. The third kappa shape index (κ3) is 4.64. The normalized spacial score (nSPS) is 14.5. The van der Waals surface area contributed by atoms with Gasteiger partial charge in [-0.1, -0.05) is 24.3 Å². The Morgan fingerprint density at radius 2 is 1.78 bits per heavy atom. The standard InChI is InChI=1S/C26H24F3N5O2/c1-36-23-5-3-2-4-19(23)21-14-22(24(28)29)34-25(31-21)20(15-30-34)26(35)33-12-10-32(11-13-33)16-17-6-8-18(27)9-7-17/h2-9,14-15,24H,10-13,16H2,1H3. The summed E-state index contributed by atoms with van der Waals surface area (Å²) in [4.78, 5) is 21.8. The Bertz CT molecular complexity index is 1380. The number of hydrogen-bond donors (Lipinski definition) is 0. The Kier molecular flexibility index (Phi) is 6.60. The summed E-state index contributed by atoms with van der Waals surface area (Å²) in [7, 11) is 1.49. The van der Waals surface area contributed by atoms with E-state index in [1.807, 2.05) is 0 Å². The molecule has 186 valence electrons. The number of alkyl halides is 2. The Labute approximate surface area is 205 Å². The number of amides is 1. The number of carbonyl (C=O) groups is 1. The average Bonchev–Trinajstić information content (AvgIpc) is 3.33. The minimum absolute atomic E-state index is 0.0763. The molecular weight excluding hydrogens is 471 g/mol. The highest BCUT2D eigenvalue weighted by Gasteiger charge is 2.27. The topological polar surface area (TPSA) is 63.0 Å². The van der Waals surface area contributed by atoms with Crippen LogP contribution < -0.4 is 4.74 Å². The van der Waals surface area contributed by atoms with E-state index in [0.717, 1.165) is 10.1 Å². The van der Waals surface area contributed by atoms with Crippen molar-refractivity contribution in [1.29, 1.82) is 0 Å². The molecule has 0 atom stereocenters. The predicted octanol–water partition coefficient (Wildman–Crippen LogP) is 4.44. The first-order valence-corrected chi connectivity index (χ1v) is 11.5. The van der Waals surface area contributed by atoms with Gasteiger partial charge in [-0.3, -0.25) is 9.69 Å². The number of hydrogen-bond acceptors (Lipinski definition) is 5. The van der Waals surface area contributed by atoms with E-state index in [2.05, 4.69) is 15.0 Å². The van der Waals surface area contributed by atoms with Gasteiger partial charge in [-0.25, -0.2) is 22.7 Å². The van der Waals surface area contributed by atoms with Crippen molar-refractivity contribution in [3.63, 3.8) is 0 Å². The van der Waals surface area contributed by atoms with Crippen LogP contribution in [0.15, 0.2) is 60.8 Å². The molecule has 0 bridgehead atoms. The van der Waals surface area contributed by atoms with Crippen molar-refractivity contribution in [3.8, 4) is 17.0 Å². The third-order valence-corrected chi connectivity index (χ3v) is 6.32. The number of fused-ring (bicyclic) bond motifs is 1. The van der Waals surface area contributed by atoms with Gasteiger partial charge in [-0.2, -0.15) is 5.10 Å². The zero-order valence-corrected chi connectivity index (χ0v) is 19.6. The molecule has 1 aliphatic rings. The summed E-state index contributed by atoms with van der Waals surface area (Å²) in [6, 6.07) is 14.6. The van der Waals surface area contributed by atoms with Gasteiger partial charge in [0.1, 0.15) is 22.8 Å². The van der Waals surface area contributed by atoms with E-state index in [-0.39, 0.29) is 34.3 Å². The maximum Gasteiger partial charge on any atom is 0.280 e. The van der Waals surface area contributed by atoms with Crippen LogP contribution >= 0.6 is 0 Å². The molecule has 1 fully saturated rings. The van der Waals surface area contributed by atoms with E-state index >= 15 is 0 Å². The lowest BCUT2D eigenvalue weighted by Gasteiger charge is -2.34. The fraction of sp³-hybridized carbons (Fsp3) is 0.269. The van der Waals surface area contributed by atoms with E-state index in [1.165, 1.54) is 31.5 Å². The van der Waals surface area contributed by atoms with Gasteiger partial charge in [0.05, 0.1) is 19.0 Å². The van der Waals surface area contributed by atoms with Gasteiger partial charge in [0.2, 0.25) is 0 Å². The van der Waals surface area contributed by atoms with Crippen LogP contribution in [0.4, 0.5) is 13.2 Å². The number of carbonyl (C=O) groups excluding carboxylic acids is 1. The molecule has 0 N–H and O–H groups in total. The fourth-order valence-corrected chi connectivity index (χ4v) is 4.41. The highest BCUT2D eigenvalue weighted by molar-refractivity contribution is 6.00. The molecule has 10 heteroatoms. The van der Waals surface area contributed by atoms with Gasteiger partial charge in [-0.15, -0.1) is 0 Å². The minimum atomic E-state index is -2.82. The summed E-state index contributed by atoms with van der Waals surface area (Å²) in [5, 5.41) is 4.07. The van der Waals surface area contributed by atoms with E-state index in [4.69, 9.17) is 4.74 Å². The van der Waals surface area contributed by atoms with Crippen LogP contribution in [0.5, 0.6) is 5.75 Å². The monoisotopic (exact) mass is 495 g/mol. The van der Waals surface area contributed by atoms with E-state index in [1.54, 1.807) is 41.3 Å². The van der Waals surface area contributed by atoms with Crippen molar-refractivity contribution in [2.75, 3.05) is 33.3 Å². The molecule has 1 saturated heterocycles. The maximum atomic E-state index is 13.9. The summed E-state index contributed by atoms with van der Waals surface area (Å²) >= 11 is 0. The van der Waals surface area contributed by atoms with Gasteiger partial charge >= 0.3 is 0 Å². The number of ether oxygens (including phenoxy) is 1. The highest BCUT2D eigenvalue weighted by Crippen LogP contribution is 2.32. The van der Waals surface area contributed by atoms with Gasteiger partial charge in [0.25, 0.3) is 12.3 Å². The van der Waals surface area contributed by atoms with E-state index < -0.39 is 6.43 Å². The van der Waals surface area contributed by atoms with Gasteiger partial charge < -0.3 is 9.64 Å². The molecule has 2 aromatic heterocycles. The molecule has 36 heavy (non-hydrogen) atoms. The summed E-state index contributed by atoms with van der Waals surface area (Å²) in [6.45, 7) is 2.84. The first kappa shape index (κ1) is 23.8. The van der Waals surface area contributed by atoms with Crippen molar-refractivity contribution < 1.29 is 22.7 Å². The lowest BCUT2D eigenvalue weighted by Crippen LogP contribution is -2.48. The molecule has 0 spiro atoms. The molecule has 4 aromatic rings. The van der Waals surface area contributed by atoms with Crippen LogP contribution in [0, 0.1) is 5.82 Å². The van der Waals surface area contributed by atoms with Crippen LogP contribution in [0.1, 0.15) is 28.0 Å². The van der Waals surface area contributed by atoms with Gasteiger partial charge in [0, 0.05) is 38.3 Å². The zero-order valence-electron chi connectivity index (χ0n) is 19.6. The quantitative estimate of drug-likeness (QED) is 0.396. The largest absolute Gasteiger partial charge is 0.496 e. The van der Waals surface area contributed by atoms with Gasteiger partial charge in [0.15, 0.2) is 5.65 Å². The van der Waals surface area contributed by atoms with E-state index in [0.29, 0.717) is 44.0 Å². The van der Waals surface area contributed by atoms with E-state index in [9.17, 15) is 18.0 Å². The molecule has 1 amide bonds. The molecular formula is C26H24F3N5O2. The second kappa shape index (κ2) is 9.98. The molecule has 0 aliphatic carbocycles. The summed E-state index contributed by atoms with van der Waals surface area (Å²) < 4.78 is 47.5. The highest BCUT2D eigenvalue weighted by atomic mass is 19.3. The second-order valence-corrected chi connectivity index (χ2v) is 8.56. The lowest BCUT2D eigenvalue weighted by atomic mass is 10.1. The second-order valence-electron chi connectivity index (χ2n) is 8.56. The van der Waals surface area contributed by atoms with Crippen molar-refractivity contribution >= 4 is 11.6 Å². The summed E-state index contributed by atoms with van der Waals surface area (Å²) in [6.07, 6.45) is -1.52. The number of halogens is 3. The predicted molar refractivity (Wildman–Crippen MR) is 128 cm³/mol. The first-order valence-electron chi connectivity index (χ1n) is 11.5. The van der Waals surface area contributed by atoms with Crippen LogP contribution in [-0.4, -0.2) is 63.6 Å². The zero-order chi connectivity index (χ0) is 25.2. The number of piperazine rings is 1. The van der Waals surface area contributed by atoms with Crippen molar-refractivity contribution in [3.05, 3.63) is 83.4 Å². The lowest BCUT2D eigenvalue weighted by molar-refractivity contribution is 0.0630. The maximum absolute atomic E-state index is 13.9. The summed E-state index contributed by atoms with van der Waals surface area (Å²) in [5.74, 6) is -0.101. The first-order chi connectivity index (χ1) is 17.4. The average molecular weight is 496 g/mol. The Morgan fingerprint density at radius 3 is 2.47 bits per heavy atom. The number of nitrogens with zero attached hydrogens (tertiary/aromatic N) is 5. The van der Waals surface area contributed by atoms with Crippen molar-refractivity contribution in [1.82, 2.24) is 24.4 Å². The van der Waals surface area contributed by atoms with Crippen LogP contribution in [0.3, 0.4) is 0 Å². The number of methoxy groups -OCH3 is 1. The minimum Gasteiger partial charge on any atom is -0.496 e. The number of aromatic nitrogens is 3. The number of para-hydroxylation sites is 1. The van der Waals surface area contributed by atoms with Gasteiger partial charge in [-0.05, 0) is 35.9 Å². The Morgan fingerprint density at radius 1 is 1.06 bits per heavy atom. The molecule has 1 aliphatic heterocycles. The molecule has 5 rings (SSSR count). The molecule has 0 radical (unpaired) electrons. The molecule has 7 nitrogen and oxygen atoms in total. The van der Waals surface area contributed by atoms with Crippen molar-refractivity contribution in [2.45, 2.75) is 13.0 Å². The molecule has 0 saturated carbocycles. The molecule has 2 aromatic carbocycles. The number of benzene rings is 2. The molecule has 3 heterocycles. The fourth-order valence-electron chi connectivity index (χ4n) is 4.41.